The first-order chi connectivity index (χ1) is 17.8. The largest absolute Gasteiger partial charge is 0.462 e. The van der Waals surface area contributed by atoms with Gasteiger partial charge in [-0.2, -0.15) is 13.2 Å². The van der Waals surface area contributed by atoms with Crippen LogP contribution in [0.5, 0.6) is 0 Å². The topological polar surface area (TPSA) is 65.0 Å². The van der Waals surface area contributed by atoms with Crippen molar-refractivity contribution in [2.24, 2.45) is 11.8 Å². The van der Waals surface area contributed by atoms with Gasteiger partial charge in [0.15, 0.2) is 5.79 Å². The van der Waals surface area contributed by atoms with E-state index in [0.717, 1.165) is 17.2 Å². The molecular weight excluding hydrogens is 525 g/mol. The maximum atomic E-state index is 13.3. The van der Waals surface area contributed by atoms with Crippen LogP contribution in [0.2, 0.25) is 25.7 Å². The minimum Gasteiger partial charge on any atom is -0.462 e. The number of halogens is 3. The van der Waals surface area contributed by atoms with Crippen LogP contribution < -0.4 is 0 Å². The van der Waals surface area contributed by atoms with Gasteiger partial charge in [0, 0.05) is 8.07 Å². The minimum atomic E-state index is -4.49. The molecule has 3 unspecified atom stereocenters. The maximum Gasteiger partial charge on any atom is 0.402 e. The number of hydrogen-bond acceptors (Lipinski definition) is 5. The van der Waals surface area contributed by atoms with Crippen molar-refractivity contribution in [3.8, 4) is 11.8 Å². The highest BCUT2D eigenvalue weighted by atomic mass is 28.3. The van der Waals surface area contributed by atoms with E-state index in [1.807, 2.05) is 32.1 Å². The monoisotopic (exact) mass is 568 g/mol. The second kappa shape index (κ2) is 13.0. The number of hydrogen-bond donors (Lipinski definition) is 1. The molecule has 1 aromatic rings. The van der Waals surface area contributed by atoms with Crippen LogP contribution in [-0.2, 0) is 14.2 Å². The zero-order valence-electron chi connectivity index (χ0n) is 24.5. The van der Waals surface area contributed by atoms with E-state index in [9.17, 15) is 23.1 Å². The first-order valence-electron chi connectivity index (χ1n) is 13.4. The number of rotatable bonds is 9. The van der Waals surface area contributed by atoms with Crippen molar-refractivity contribution in [1.82, 2.24) is 0 Å². The Morgan fingerprint density at radius 1 is 1.18 bits per heavy atom. The van der Waals surface area contributed by atoms with Gasteiger partial charge in [-0.1, -0.05) is 75.2 Å². The predicted octanol–water partition coefficient (Wildman–Crippen LogP) is 6.92. The summed E-state index contributed by atoms with van der Waals surface area (Å²) in [6, 6.07) is 4.70. The SMILES string of the molecule is Cc1cc(C)c(C(=O)OCC[Si](C)(C)C)c(/C=C/C[C@@H]2OC(C)(C)OC2C(O)C#CC(C(C)C)C(F)(F)F)c1. The molecule has 0 saturated carbocycles. The Kier molecular flexibility index (Phi) is 11.1. The molecule has 0 aliphatic carbocycles. The van der Waals surface area contributed by atoms with Crippen molar-refractivity contribution in [3.63, 3.8) is 0 Å². The van der Waals surface area contributed by atoms with Crippen LogP contribution in [0.1, 0.15) is 61.2 Å². The first-order valence-corrected chi connectivity index (χ1v) is 17.1. The smallest absolute Gasteiger partial charge is 0.402 e. The van der Waals surface area contributed by atoms with E-state index >= 15 is 0 Å². The lowest BCUT2D eigenvalue weighted by molar-refractivity contribution is -0.168. The van der Waals surface area contributed by atoms with Gasteiger partial charge in [0.05, 0.1) is 18.3 Å². The fourth-order valence-electron chi connectivity index (χ4n) is 4.46. The standard InChI is InChI=1S/C30H43F3O5Si/c1-19(2)23(30(31,32)33)13-14-24(34)27-25(37-29(5,6)38-27)12-10-11-22-18-20(3)17-21(4)26(22)28(35)36-15-16-39(7,8)9/h10-11,17-19,23-25,27,34H,12,15-16H2,1-9H3/b11-10+/t23?,24?,25-,27?/m0/s1. The van der Waals surface area contributed by atoms with Gasteiger partial charge in [-0.25, -0.2) is 4.79 Å². The molecule has 0 amide bonds. The zero-order valence-corrected chi connectivity index (χ0v) is 25.5. The number of carbonyl (C=O) groups excluding carboxylic acids is 1. The zero-order chi connectivity index (χ0) is 29.8. The number of carbonyl (C=O) groups is 1. The van der Waals surface area contributed by atoms with Crippen LogP contribution in [0, 0.1) is 37.5 Å². The quantitative estimate of drug-likeness (QED) is 0.199. The van der Waals surface area contributed by atoms with Crippen molar-refractivity contribution < 1.29 is 37.3 Å². The number of aryl methyl sites for hydroxylation is 2. The van der Waals surface area contributed by atoms with E-state index in [4.69, 9.17) is 14.2 Å². The van der Waals surface area contributed by atoms with Crippen LogP contribution in [0.15, 0.2) is 18.2 Å². The van der Waals surface area contributed by atoms with Gasteiger partial charge >= 0.3 is 12.1 Å². The van der Waals surface area contributed by atoms with Crippen molar-refractivity contribution in [2.75, 3.05) is 6.61 Å². The summed E-state index contributed by atoms with van der Waals surface area (Å²) in [5.74, 6) is 0.527. The van der Waals surface area contributed by atoms with E-state index in [1.165, 1.54) is 13.8 Å². The van der Waals surface area contributed by atoms with Gasteiger partial charge in [-0.05, 0) is 57.2 Å². The van der Waals surface area contributed by atoms with E-state index in [1.54, 1.807) is 19.9 Å². The summed E-state index contributed by atoms with van der Waals surface area (Å²) in [5.41, 5.74) is 2.98. The molecule has 2 rings (SSSR count). The van der Waals surface area contributed by atoms with Crippen molar-refractivity contribution >= 4 is 20.1 Å². The number of ether oxygens (including phenoxy) is 3. The normalized spacial score (nSPS) is 21.1. The number of alkyl halides is 3. The highest BCUT2D eigenvalue weighted by molar-refractivity contribution is 6.76. The first kappa shape index (κ1) is 33.1. The summed E-state index contributed by atoms with van der Waals surface area (Å²) >= 11 is 0. The molecule has 1 saturated heterocycles. The number of aliphatic hydroxyl groups is 1. The third-order valence-electron chi connectivity index (χ3n) is 6.40. The highest BCUT2D eigenvalue weighted by Gasteiger charge is 2.44. The Hall–Kier alpha value is -2.12. The molecule has 0 radical (unpaired) electrons. The van der Waals surface area contributed by atoms with Crippen LogP contribution in [-0.4, -0.2) is 56.0 Å². The van der Waals surface area contributed by atoms with Crippen molar-refractivity contribution in [3.05, 3.63) is 40.5 Å². The summed E-state index contributed by atoms with van der Waals surface area (Å²) < 4.78 is 57.3. The molecule has 1 heterocycles. The summed E-state index contributed by atoms with van der Waals surface area (Å²) in [6.07, 6.45) is -3.65. The van der Waals surface area contributed by atoms with E-state index < -0.39 is 50.2 Å². The van der Waals surface area contributed by atoms with Gasteiger partial charge < -0.3 is 19.3 Å². The lowest BCUT2D eigenvalue weighted by atomic mass is 9.95. The van der Waals surface area contributed by atoms with Gasteiger partial charge in [-0.3, -0.25) is 0 Å². The Balaban J connectivity index is 2.23. The van der Waals surface area contributed by atoms with Crippen LogP contribution in [0.4, 0.5) is 13.2 Å². The maximum absolute atomic E-state index is 13.3. The summed E-state index contributed by atoms with van der Waals surface area (Å²) in [6.45, 7) is 17.1. The molecule has 1 aliphatic rings. The van der Waals surface area contributed by atoms with E-state index in [0.29, 0.717) is 17.7 Å². The average Bonchev–Trinajstić information content (AvgIpc) is 3.05. The molecule has 1 fully saturated rings. The van der Waals surface area contributed by atoms with Crippen LogP contribution in [0.25, 0.3) is 6.08 Å². The molecule has 5 nitrogen and oxygen atoms in total. The number of esters is 1. The third-order valence-corrected chi connectivity index (χ3v) is 8.11. The third kappa shape index (κ3) is 10.1. The molecule has 39 heavy (non-hydrogen) atoms. The van der Waals surface area contributed by atoms with Crippen LogP contribution >= 0.6 is 0 Å². The molecule has 9 heteroatoms. The van der Waals surface area contributed by atoms with Gasteiger partial charge in [0.25, 0.3) is 0 Å². The van der Waals surface area contributed by atoms with Gasteiger partial charge in [-0.15, -0.1) is 0 Å². The number of aliphatic hydroxyl groups excluding tert-OH is 1. The Morgan fingerprint density at radius 2 is 1.82 bits per heavy atom. The fourth-order valence-corrected chi connectivity index (χ4v) is 5.17. The lowest BCUT2D eigenvalue weighted by Crippen LogP contribution is -2.35. The van der Waals surface area contributed by atoms with E-state index in [2.05, 4.69) is 31.5 Å². The molecule has 1 aliphatic heterocycles. The highest BCUT2D eigenvalue weighted by Crippen LogP contribution is 2.34. The van der Waals surface area contributed by atoms with Crippen LogP contribution in [0.3, 0.4) is 0 Å². The Labute approximate surface area is 232 Å². The second-order valence-electron chi connectivity index (χ2n) is 12.3. The summed E-state index contributed by atoms with van der Waals surface area (Å²) in [4.78, 5) is 13.0. The molecule has 218 valence electrons. The lowest BCUT2D eigenvalue weighted by Gasteiger charge is -2.20. The minimum absolute atomic E-state index is 0.289. The molecular formula is C30H43F3O5Si. The molecule has 0 spiro atoms. The molecule has 4 atom stereocenters. The molecule has 0 bridgehead atoms. The molecule has 1 aromatic carbocycles. The van der Waals surface area contributed by atoms with Crippen molar-refractivity contribution in [1.29, 1.82) is 0 Å². The number of benzene rings is 1. The summed E-state index contributed by atoms with van der Waals surface area (Å²) in [5, 5.41) is 10.7. The van der Waals surface area contributed by atoms with Gasteiger partial charge in [0.2, 0.25) is 0 Å². The molecule has 1 N–H and O–H groups in total. The van der Waals surface area contributed by atoms with Crippen molar-refractivity contribution in [2.45, 2.75) is 104 Å². The second-order valence-corrected chi connectivity index (χ2v) is 17.9. The fraction of sp³-hybridized carbons (Fsp3) is 0.633. The molecule has 0 aromatic heterocycles. The van der Waals surface area contributed by atoms with Gasteiger partial charge in [0.1, 0.15) is 18.1 Å². The Bertz CT molecular complexity index is 1090. The Morgan fingerprint density at radius 3 is 2.38 bits per heavy atom. The van der Waals surface area contributed by atoms with E-state index in [-0.39, 0.29) is 12.4 Å². The summed E-state index contributed by atoms with van der Waals surface area (Å²) in [7, 11) is -1.36. The average molecular weight is 569 g/mol. The predicted molar refractivity (Wildman–Crippen MR) is 150 cm³/mol.